The van der Waals surface area contributed by atoms with Crippen molar-refractivity contribution in [3.05, 3.63) is 23.8 Å². The highest BCUT2D eigenvalue weighted by Gasteiger charge is 2.42. The van der Waals surface area contributed by atoms with E-state index in [0.29, 0.717) is 6.42 Å². The van der Waals surface area contributed by atoms with Gasteiger partial charge in [-0.15, -0.1) is 0 Å². The van der Waals surface area contributed by atoms with Gasteiger partial charge in [-0.2, -0.15) is 0 Å². The van der Waals surface area contributed by atoms with E-state index in [-0.39, 0.29) is 34.7 Å². The van der Waals surface area contributed by atoms with Crippen molar-refractivity contribution in [2.24, 2.45) is 23.7 Å². The number of hydrogen-bond donors (Lipinski definition) is 1. The largest absolute Gasteiger partial charge is 0.469 e. The number of aliphatic hydroxyl groups excluding tert-OH is 1. The molecule has 0 bridgehead atoms. The minimum atomic E-state index is -2.07. The van der Waals surface area contributed by atoms with Gasteiger partial charge in [0.05, 0.1) is 25.2 Å². The summed E-state index contributed by atoms with van der Waals surface area (Å²) in [6.07, 6.45) is 2.25. The molecule has 5 nitrogen and oxygen atoms in total. The van der Waals surface area contributed by atoms with Crippen LogP contribution >= 0.6 is 0 Å². The smallest absolute Gasteiger partial charge is 0.311 e. The van der Waals surface area contributed by atoms with Crippen molar-refractivity contribution in [1.29, 1.82) is 0 Å². The van der Waals surface area contributed by atoms with E-state index in [1.807, 2.05) is 33.8 Å². The number of Topliss-reactive ketones (excluding diaryl/α,β-unsaturated/α-hetero) is 1. The van der Waals surface area contributed by atoms with E-state index in [9.17, 15) is 14.7 Å². The molecule has 0 unspecified atom stereocenters. The average molecular weight is 483 g/mol. The Morgan fingerprint density at radius 1 is 1.09 bits per heavy atom. The molecule has 0 aromatic rings. The highest BCUT2D eigenvalue weighted by atomic mass is 28.4. The fraction of sp³-hybridized carbons (Fsp3) is 0.778. The number of rotatable bonds is 13. The van der Waals surface area contributed by atoms with Gasteiger partial charge in [-0.05, 0) is 56.3 Å². The first kappa shape index (κ1) is 31.8. The Hall–Kier alpha value is -1.24. The maximum absolute atomic E-state index is 13.4. The fourth-order valence-corrected chi connectivity index (χ4v) is 5.18. The second-order valence-electron chi connectivity index (χ2n) is 11.3. The predicted octanol–water partition coefficient (Wildman–Crippen LogP) is 6.33. The molecule has 0 fully saturated rings. The second-order valence-corrected chi connectivity index (χ2v) is 16.0. The van der Waals surface area contributed by atoms with Crippen LogP contribution in [-0.4, -0.2) is 44.5 Å². The van der Waals surface area contributed by atoms with Crippen molar-refractivity contribution in [1.82, 2.24) is 0 Å². The maximum Gasteiger partial charge on any atom is 0.311 e. The van der Waals surface area contributed by atoms with Crippen LogP contribution in [0.4, 0.5) is 0 Å². The van der Waals surface area contributed by atoms with Crippen LogP contribution in [0.1, 0.15) is 75.2 Å². The van der Waals surface area contributed by atoms with Crippen LogP contribution in [0.25, 0.3) is 0 Å². The SMILES string of the molecule is C=C(CC)[C@@H](O[Si](C)(C)C(C)(C)C)[C@H](C)C(=O)[C@H](C)/C=C(\C)C[C@H](C)[C@H](O)[C@H](C)C(=O)OC. The Bertz CT molecular complexity index is 704. The zero-order chi connectivity index (χ0) is 26.3. The van der Waals surface area contributed by atoms with E-state index in [1.54, 1.807) is 6.92 Å². The highest BCUT2D eigenvalue weighted by molar-refractivity contribution is 6.74. The van der Waals surface area contributed by atoms with Crippen LogP contribution in [0.15, 0.2) is 23.8 Å². The molecule has 0 aliphatic heterocycles. The van der Waals surface area contributed by atoms with Crippen LogP contribution in [0.2, 0.25) is 18.1 Å². The number of aliphatic hydroxyl groups is 1. The van der Waals surface area contributed by atoms with Gasteiger partial charge in [0.1, 0.15) is 5.78 Å². The lowest BCUT2D eigenvalue weighted by Gasteiger charge is -2.41. The molecule has 0 saturated heterocycles. The molecule has 0 heterocycles. The number of carbonyl (C=O) groups is 2. The summed E-state index contributed by atoms with van der Waals surface area (Å²) in [4.78, 5) is 25.1. The summed E-state index contributed by atoms with van der Waals surface area (Å²) in [5.41, 5.74) is 1.98. The summed E-state index contributed by atoms with van der Waals surface area (Å²) in [6, 6.07) is 0. The summed E-state index contributed by atoms with van der Waals surface area (Å²) in [5.74, 6) is -1.60. The molecule has 0 saturated carbocycles. The number of allylic oxidation sites excluding steroid dienone is 2. The number of ketones is 1. The average Bonchev–Trinajstić information content (AvgIpc) is 2.72. The minimum Gasteiger partial charge on any atom is -0.469 e. The highest BCUT2D eigenvalue weighted by Crippen LogP contribution is 2.39. The Kier molecular flexibility index (Phi) is 12.5. The van der Waals surface area contributed by atoms with Crippen LogP contribution in [0.3, 0.4) is 0 Å². The van der Waals surface area contributed by atoms with Crippen molar-refractivity contribution in [2.75, 3.05) is 7.11 Å². The van der Waals surface area contributed by atoms with E-state index < -0.39 is 26.3 Å². The Morgan fingerprint density at radius 2 is 1.61 bits per heavy atom. The van der Waals surface area contributed by atoms with Gasteiger partial charge in [-0.1, -0.05) is 66.7 Å². The third-order valence-electron chi connectivity index (χ3n) is 7.28. The van der Waals surface area contributed by atoms with Crippen molar-refractivity contribution in [3.63, 3.8) is 0 Å². The molecule has 0 spiro atoms. The lowest BCUT2D eigenvalue weighted by molar-refractivity contribution is -0.149. The van der Waals surface area contributed by atoms with Crippen LogP contribution < -0.4 is 0 Å². The summed E-state index contributed by atoms with van der Waals surface area (Å²) in [5, 5.41) is 10.5. The minimum absolute atomic E-state index is 0.0441. The monoisotopic (exact) mass is 482 g/mol. The van der Waals surface area contributed by atoms with Gasteiger partial charge in [0.2, 0.25) is 0 Å². The molecule has 6 heteroatoms. The first-order chi connectivity index (χ1) is 14.9. The zero-order valence-electron chi connectivity index (χ0n) is 23.2. The normalized spacial score (nSPS) is 18.6. The lowest BCUT2D eigenvalue weighted by atomic mass is 9.85. The van der Waals surface area contributed by atoms with Gasteiger partial charge >= 0.3 is 5.97 Å². The molecular weight excluding hydrogens is 432 g/mol. The Labute approximate surface area is 204 Å². The third kappa shape index (κ3) is 9.14. The number of ether oxygens (including phenoxy) is 1. The Balaban J connectivity index is 5.47. The number of esters is 1. The van der Waals surface area contributed by atoms with Gasteiger partial charge in [-0.3, -0.25) is 9.59 Å². The standard InChI is InChI=1S/C27H50O5Si/c1-14-18(3)25(32-33(12,13)27(8,9)10)21(6)23(28)19(4)15-17(2)16-20(5)24(29)22(7)26(30)31-11/h15,19-22,24-25,29H,3,14,16H2,1-2,4-13H3/b17-15+/t19-,20+,21-,22+,24+,25-/m1/s1. The van der Waals surface area contributed by atoms with E-state index >= 15 is 0 Å². The molecule has 1 N–H and O–H groups in total. The van der Waals surface area contributed by atoms with Gasteiger partial charge in [0, 0.05) is 11.8 Å². The van der Waals surface area contributed by atoms with Crippen molar-refractivity contribution < 1.29 is 23.9 Å². The maximum atomic E-state index is 13.4. The molecule has 6 atom stereocenters. The van der Waals surface area contributed by atoms with Crippen molar-refractivity contribution in [3.8, 4) is 0 Å². The Morgan fingerprint density at radius 3 is 2.03 bits per heavy atom. The molecular formula is C27H50O5Si. The fourth-order valence-electron chi connectivity index (χ4n) is 3.82. The van der Waals surface area contributed by atoms with Gasteiger partial charge in [-0.25, -0.2) is 0 Å². The zero-order valence-corrected chi connectivity index (χ0v) is 24.2. The van der Waals surface area contributed by atoms with Gasteiger partial charge < -0.3 is 14.3 Å². The van der Waals surface area contributed by atoms with Gasteiger partial charge in [0.25, 0.3) is 0 Å². The molecule has 0 rings (SSSR count). The van der Waals surface area contributed by atoms with E-state index in [1.165, 1.54) is 7.11 Å². The van der Waals surface area contributed by atoms with E-state index in [4.69, 9.17) is 9.16 Å². The predicted molar refractivity (Wildman–Crippen MR) is 140 cm³/mol. The topological polar surface area (TPSA) is 72.8 Å². The van der Waals surface area contributed by atoms with Crippen LogP contribution in [0.5, 0.6) is 0 Å². The van der Waals surface area contributed by atoms with E-state index in [0.717, 1.165) is 17.6 Å². The van der Waals surface area contributed by atoms with Crippen molar-refractivity contribution in [2.45, 2.75) is 105 Å². The first-order valence-electron chi connectivity index (χ1n) is 12.2. The van der Waals surface area contributed by atoms with E-state index in [2.05, 4.69) is 47.4 Å². The molecule has 0 aliphatic rings. The molecule has 0 aromatic heterocycles. The second kappa shape index (κ2) is 13.0. The molecule has 0 amide bonds. The number of carbonyl (C=O) groups excluding carboxylic acids is 2. The molecule has 0 aliphatic carbocycles. The summed E-state index contributed by atoms with van der Waals surface area (Å²) in [7, 11) is -0.750. The first-order valence-corrected chi connectivity index (χ1v) is 15.1. The quantitative estimate of drug-likeness (QED) is 0.189. The summed E-state index contributed by atoms with van der Waals surface area (Å²) in [6.45, 7) is 26.7. The molecule has 33 heavy (non-hydrogen) atoms. The third-order valence-corrected chi connectivity index (χ3v) is 11.7. The summed E-state index contributed by atoms with van der Waals surface area (Å²) < 4.78 is 11.4. The van der Waals surface area contributed by atoms with Gasteiger partial charge in [0.15, 0.2) is 8.32 Å². The number of methoxy groups -OCH3 is 1. The van der Waals surface area contributed by atoms with Crippen LogP contribution in [0, 0.1) is 23.7 Å². The summed E-state index contributed by atoms with van der Waals surface area (Å²) >= 11 is 0. The van der Waals surface area contributed by atoms with Crippen LogP contribution in [-0.2, 0) is 18.8 Å². The lowest BCUT2D eigenvalue weighted by Crippen LogP contribution is -2.47. The van der Waals surface area contributed by atoms with Crippen molar-refractivity contribution >= 4 is 20.1 Å². The number of hydrogen-bond acceptors (Lipinski definition) is 5. The molecule has 0 aromatic carbocycles. The molecule has 192 valence electrons. The molecule has 0 radical (unpaired) electrons.